The topological polar surface area (TPSA) is 47.3 Å². The van der Waals surface area contributed by atoms with Crippen LogP contribution in [-0.2, 0) is 4.43 Å². The Hall–Kier alpha value is -0.523. The molecule has 1 aromatic carbocycles. The second-order valence-corrected chi connectivity index (χ2v) is 15.2. The maximum Gasteiger partial charge on any atom is 0.200 e. The number of benzene rings is 1. The first-order chi connectivity index (χ1) is 11.4. The van der Waals surface area contributed by atoms with Crippen LogP contribution in [0.25, 0.3) is 0 Å². The summed E-state index contributed by atoms with van der Waals surface area (Å²) in [6, 6.07) is 5.91. The minimum atomic E-state index is -1.83. The van der Waals surface area contributed by atoms with Crippen LogP contribution < -0.4 is 11.1 Å². The van der Waals surface area contributed by atoms with Crippen molar-refractivity contribution in [1.82, 2.24) is 0 Å². The van der Waals surface area contributed by atoms with Gasteiger partial charge in [-0.15, -0.1) is 0 Å². The van der Waals surface area contributed by atoms with Gasteiger partial charge in [0.25, 0.3) is 0 Å². The molecule has 1 aromatic rings. The van der Waals surface area contributed by atoms with E-state index in [4.69, 9.17) is 10.2 Å². The standard InChI is InChI=1S/C20H37BrN2OSi/c1-14(2)25(15(3)4,16(5)6)24-13-20(7,8)12-23-19-11-17(21)9-10-18(19)22/h9-11,14-16,23H,12-13,22H2,1-8H3. The normalized spacial score (nSPS) is 13.1. The third kappa shape index (κ3) is 5.73. The molecule has 0 atom stereocenters. The van der Waals surface area contributed by atoms with Crippen molar-refractivity contribution in [3.63, 3.8) is 0 Å². The van der Waals surface area contributed by atoms with Crippen molar-refractivity contribution < 1.29 is 4.43 Å². The van der Waals surface area contributed by atoms with Crippen LogP contribution in [-0.4, -0.2) is 21.5 Å². The number of hydrogen-bond donors (Lipinski definition) is 2. The smallest absolute Gasteiger partial charge is 0.200 e. The van der Waals surface area contributed by atoms with Gasteiger partial charge in [0.15, 0.2) is 8.32 Å². The molecule has 0 amide bonds. The van der Waals surface area contributed by atoms with E-state index in [-0.39, 0.29) is 5.41 Å². The van der Waals surface area contributed by atoms with E-state index in [1.54, 1.807) is 0 Å². The summed E-state index contributed by atoms with van der Waals surface area (Å²) in [5.74, 6) is 0. The highest BCUT2D eigenvalue weighted by Crippen LogP contribution is 2.43. The van der Waals surface area contributed by atoms with E-state index >= 15 is 0 Å². The van der Waals surface area contributed by atoms with Crippen molar-refractivity contribution in [1.29, 1.82) is 0 Å². The second kappa shape index (κ2) is 8.91. The fraction of sp³-hybridized carbons (Fsp3) is 0.700. The highest BCUT2D eigenvalue weighted by molar-refractivity contribution is 9.10. The lowest BCUT2D eigenvalue weighted by Crippen LogP contribution is -2.50. The van der Waals surface area contributed by atoms with Gasteiger partial charge in [0.1, 0.15) is 0 Å². The van der Waals surface area contributed by atoms with Crippen LogP contribution in [0.1, 0.15) is 55.4 Å². The molecule has 3 nitrogen and oxygen atoms in total. The molecule has 0 bridgehead atoms. The first kappa shape index (κ1) is 22.5. The molecule has 0 unspecified atom stereocenters. The molecule has 25 heavy (non-hydrogen) atoms. The minimum Gasteiger partial charge on any atom is -0.415 e. The average molecular weight is 430 g/mol. The van der Waals surface area contributed by atoms with Crippen LogP contribution in [0, 0.1) is 5.41 Å². The summed E-state index contributed by atoms with van der Waals surface area (Å²) in [7, 11) is -1.83. The van der Waals surface area contributed by atoms with Crippen molar-refractivity contribution in [2.75, 3.05) is 24.2 Å². The van der Waals surface area contributed by atoms with Gasteiger partial charge >= 0.3 is 0 Å². The lowest BCUT2D eigenvalue weighted by atomic mass is 9.95. The monoisotopic (exact) mass is 428 g/mol. The van der Waals surface area contributed by atoms with E-state index in [1.807, 2.05) is 18.2 Å². The Kier molecular flexibility index (Phi) is 8.03. The van der Waals surface area contributed by atoms with Crippen molar-refractivity contribution in [2.45, 2.75) is 72.0 Å². The summed E-state index contributed by atoms with van der Waals surface area (Å²) in [5, 5.41) is 3.50. The highest BCUT2D eigenvalue weighted by Gasteiger charge is 2.45. The first-order valence-electron chi connectivity index (χ1n) is 9.35. The number of halogens is 1. The predicted octanol–water partition coefficient (Wildman–Crippen LogP) is 6.66. The molecule has 0 spiro atoms. The van der Waals surface area contributed by atoms with Crippen molar-refractivity contribution in [3.8, 4) is 0 Å². The molecule has 0 saturated carbocycles. The summed E-state index contributed by atoms with van der Waals surface area (Å²) in [6.07, 6.45) is 0. The zero-order valence-electron chi connectivity index (χ0n) is 17.2. The largest absolute Gasteiger partial charge is 0.415 e. The van der Waals surface area contributed by atoms with Gasteiger partial charge in [-0.05, 0) is 34.8 Å². The third-order valence-electron chi connectivity index (χ3n) is 5.19. The Morgan fingerprint density at radius 1 is 1.08 bits per heavy atom. The van der Waals surface area contributed by atoms with E-state index < -0.39 is 8.32 Å². The number of nitrogen functional groups attached to an aromatic ring is 1. The van der Waals surface area contributed by atoms with Gasteiger partial charge in [-0.3, -0.25) is 0 Å². The maximum absolute atomic E-state index is 6.78. The Morgan fingerprint density at radius 3 is 2.08 bits per heavy atom. The number of rotatable bonds is 9. The van der Waals surface area contributed by atoms with E-state index in [0.29, 0.717) is 16.6 Å². The van der Waals surface area contributed by atoms with E-state index in [1.165, 1.54) is 0 Å². The van der Waals surface area contributed by atoms with Gasteiger partial charge in [0, 0.05) is 23.0 Å². The van der Waals surface area contributed by atoms with Crippen LogP contribution in [0.5, 0.6) is 0 Å². The Labute approximate surface area is 164 Å². The molecule has 5 heteroatoms. The van der Waals surface area contributed by atoms with E-state index in [9.17, 15) is 0 Å². The molecule has 0 heterocycles. The van der Waals surface area contributed by atoms with Crippen LogP contribution in [0.4, 0.5) is 11.4 Å². The molecule has 0 aliphatic carbocycles. The van der Waals surface area contributed by atoms with Gasteiger partial charge in [-0.1, -0.05) is 71.3 Å². The third-order valence-corrected chi connectivity index (χ3v) is 11.7. The first-order valence-corrected chi connectivity index (χ1v) is 12.3. The summed E-state index contributed by atoms with van der Waals surface area (Å²) in [6.45, 7) is 20.1. The van der Waals surface area contributed by atoms with Gasteiger partial charge in [0.2, 0.25) is 0 Å². The SMILES string of the molecule is CC(C)[Si](OCC(C)(C)CNc1cc(Br)ccc1N)(C(C)C)C(C)C. The molecule has 0 aliphatic heterocycles. The summed E-state index contributed by atoms with van der Waals surface area (Å²) < 4.78 is 7.81. The summed E-state index contributed by atoms with van der Waals surface area (Å²) in [4.78, 5) is 0. The lowest BCUT2D eigenvalue weighted by Gasteiger charge is -2.44. The number of hydrogen-bond acceptors (Lipinski definition) is 3. The zero-order valence-corrected chi connectivity index (χ0v) is 19.8. The molecule has 0 saturated heterocycles. The fourth-order valence-corrected chi connectivity index (χ4v) is 9.89. The van der Waals surface area contributed by atoms with Gasteiger partial charge in [-0.2, -0.15) is 0 Å². The van der Waals surface area contributed by atoms with Crippen molar-refractivity contribution in [2.24, 2.45) is 5.41 Å². The summed E-state index contributed by atoms with van der Waals surface area (Å²) >= 11 is 3.51. The van der Waals surface area contributed by atoms with Crippen molar-refractivity contribution >= 4 is 35.6 Å². The Bertz CT molecular complexity index is 537. The van der Waals surface area contributed by atoms with Gasteiger partial charge in [-0.25, -0.2) is 0 Å². The van der Waals surface area contributed by atoms with Gasteiger partial charge < -0.3 is 15.5 Å². The quantitative estimate of drug-likeness (QED) is 0.341. The van der Waals surface area contributed by atoms with Gasteiger partial charge in [0.05, 0.1) is 11.4 Å². The minimum absolute atomic E-state index is 0.0334. The second-order valence-electron chi connectivity index (χ2n) is 8.86. The zero-order chi connectivity index (χ0) is 19.4. The van der Waals surface area contributed by atoms with Crippen LogP contribution >= 0.6 is 15.9 Å². The number of anilines is 2. The molecule has 0 fully saturated rings. The average Bonchev–Trinajstić information content (AvgIpc) is 2.47. The number of nitrogens with two attached hydrogens (primary N) is 1. The molecule has 0 radical (unpaired) electrons. The fourth-order valence-electron chi connectivity index (χ4n) is 3.89. The number of nitrogens with one attached hydrogen (secondary N) is 1. The maximum atomic E-state index is 6.78. The predicted molar refractivity (Wildman–Crippen MR) is 118 cm³/mol. The van der Waals surface area contributed by atoms with E-state index in [0.717, 1.165) is 29.0 Å². The Balaban J connectivity index is 2.80. The molecule has 3 N–H and O–H groups in total. The van der Waals surface area contributed by atoms with Crippen LogP contribution in [0.3, 0.4) is 0 Å². The molecule has 0 aromatic heterocycles. The molecule has 144 valence electrons. The van der Waals surface area contributed by atoms with E-state index in [2.05, 4.69) is 76.6 Å². The lowest BCUT2D eigenvalue weighted by molar-refractivity contribution is 0.170. The molecule has 1 rings (SSSR count). The Morgan fingerprint density at radius 2 is 1.60 bits per heavy atom. The molecule has 0 aliphatic rings. The molecular weight excluding hydrogens is 392 g/mol. The highest BCUT2D eigenvalue weighted by atomic mass is 79.9. The van der Waals surface area contributed by atoms with Crippen molar-refractivity contribution in [3.05, 3.63) is 22.7 Å². The van der Waals surface area contributed by atoms with Crippen LogP contribution in [0.15, 0.2) is 22.7 Å². The van der Waals surface area contributed by atoms with Crippen LogP contribution in [0.2, 0.25) is 16.6 Å². The summed E-state index contributed by atoms with van der Waals surface area (Å²) in [5.41, 5.74) is 9.68. The molecular formula is C20H37BrN2OSi.